The highest BCUT2D eigenvalue weighted by Gasteiger charge is 2.41. The number of ether oxygens (including phenoxy) is 3. The van der Waals surface area contributed by atoms with E-state index < -0.39 is 36.1 Å². The summed E-state index contributed by atoms with van der Waals surface area (Å²) in [5.74, 6) is -5.83. The fourth-order valence-corrected chi connectivity index (χ4v) is 2.43. The van der Waals surface area contributed by atoms with Crippen LogP contribution in [0.25, 0.3) is 0 Å². The summed E-state index contributed by atoms with van der Waals surface area (Å²) in [4.78, 5) is 57.2. The lowest BCUT2D eigenvalue weighted by molar-refractivity contribution is -0.166. The molecule has 0 bridgehead atoms. The Hall–Kier alpha value is -4.21. The molecule has 0 heterocycles. The summed E-state index contributed by atoms with van der Waals surface area (Å²) in [6, 6.07) is 12.1. The summed E-state index contributed by atoms with van der Waals surface area (Å²) in [7, 11) is 0. The van der Waals surface area contributed by atoms with Crippen LogP contribution in [-0.4, -0.2) is 58.9 Å². The molecule has 0 fully saturated rings. The van der Waals surface area contributed by atoms with Gasteiger partial charge in [-0.1, -0.05) is 35.4 Å². The van der Waals surface area contributed by atoms with Crippen LogP contribution in [0.3, 0.4) is 0 Å². The van der Waals surface area contributed by atoms with E-state index in [1.165, 1.54) is 31.2 Å². The number of hydrogen-bond acceptors (Lipinski definition) is 8. The minimum Gasteiger partial charge on any atom is -0.478 e. The summed E-state index contributed by atoms with van der Waals surface area (Å²) < 4.78 is 14.0. The number of carbonyl (C=O) groups excluding carboxylic acids is 3. The number of benzene rings is 2. The molecular formula is C24H26O10. The number of aliphatic carboxylic acids is 2. The molecule has 0 radical (unpaired) electrons. The molecule has 0 aliphatic rings. The van der Waals surface area contributed by atoms with Crippen molar-refractivity contribution in [1.82, 2.24) is 0 Å². The van der Waals surface area contributed by atoms with Gasteiger partial charge in [0, 0.05) is 6.92 Å². The Bertz CT molecular complexity index is 934. The van der Waals surface area contributed by atoms with Crippen molar-refractivity contribution < 1.29 is 48.4 Å². The minimum absolute atomic E-state index is 0.0332. The largest absolute Gasteiger partial charge is 0.478 e. The Morgan fingerprint density at radius 3 is 1.24 bits per heavy atom. The van der Waals surface area contributed by atoms with Gasteiger partial charge in [-0.05, 0) is 45.0 Å². The van der Waals surface area contributed by atoms with Crippen LogP contribution in [0, 0.1) is 13.8 Å². The van der Waals surface area contributed by atoms with Crippen LogP contribution in [0.2, 0.25) is 0 Å². The van der Waals surface area contributed by atoms with E-state index in [0.29, 0.717) is 6.61 Å². The zero-order valence-electron chi connectivity index (χ0n) is 19.1. The molecule has 0 unspecified atom stereocenters. The van der Waals surface area contributed by atoms with Gasteiger partial charge in [-0.3, -0.25) is 4.79 Å². The number of esters is 3. The first-order valence-corrected chi connectivity index (χ1v) is 10.1. The molecule has 2 N–H and O–H groups in total. The van der Waals surface area contributed by atoms with E-state index in [4.69, 9.17) is 9.47 Å². The molecule has 2 aromatic carbocycles. The maximum Gasteiger partial charge on any atom is 0.349 e. The van der Waals surface area contributed by atoms with E-state index in [0.717, 1.165) is 11.1 Å². The van der Waals surface area contributed by atoms with Crippen LogP contribution >= 0.6 is 0 Å². The summed E-state index contributed by atoms with van der Waals surface area (Å²) in [6.45, 7) is 7.24. The number of carbonyl (C=O) groups is 5. The zero-order valence-corrected chi connectivity index (χ0v) is 19.1. The third kappa shape index (κ3) is 9.11. The topological polar surface area (TPSA) is 154 Å². The molecule has 34 heavy (non-hydrogen) atoms. The number of carboxylic acids is 2. The van der Waals surface area contributed by atoms with Crippen molar-refractivity contribution in [1.29, 1.82) is 0 Å². The van der Waals surface area contributed by atoms with Crippen LogP contribution in [0.5, 0.6) is 0 Å². The molecule has 182 valence electrons. The standard InChI is InChI=1S/C20H18O8.C4H8O2/c1-11-3-7-13(8-4-11)19(25)27-15(17(21)22)16(18(23)24)28-20(26)14-9-5-12(2)6-10-14;1-3-6-4(2)5/h3-10,15-16H,1-2H3,(H,21,22)(H,23,24);3H2,1-2H3/t15-,16-;/m0./s1. The van der Waals surface area contributed by atoms with Crippen molar-refractivity contribution in [2.24, 2.45) is 0 Å². The molecule has 0 aliphatic heterocycles. The number of hydrogen-bond donors (Lipinski definition) is 2. The van der Waals surface area contributed by atoms with Crippen LogP contribution in [0.15, 0.2) is 48.5 Å². The highest BCUT2D eigenvalue weighted by Crippen LogP contribution is 2.14. The van der Waals surface area contributed by atoms with Crippen molar-refractivity contribution in [2.45, 2.75) is 39.9 Å². The molecule has 0 aromatic heterocycles. The van der Waals surface area contributed by atoms with Crippen LogP contribution in [0.4, 0.5) is 0 Å². The van der Waals surface area contributed by atoms with E-state index >= 15 is 0 Å². The van der Waals surface area contributed by atoms with Crippen LogP contribution in [0.1, 0.15) is 45.7 Å². The van der Waals surface area contributed by atoms with E-state index in [2.05, 4.69) is 4.74 Å². The molecule has 2 atom stereocenters. The van der Waals surface area contributed by atoms with Crippen LogP contribution in [-0.2, 0) is 28.6 Å². The average Bonchev–Trinajstić information content (AvgIpc) is 2.76. The van der Waals surface area contributed by atoms with E-state index in [1.807, 2.05) is 0 Å². The van der Waals surface area contributed by atoms with Gasteiger partial charge in [0.15, 0.2) is 0 Å². The van der Waals surface area contributed by atoms with E-state index in [-0.39, 0.29) is 17.1 Å². The van der Waals surface area contributed by atoms with Gasteiger partial charge in [-0.25, -0.2) is 19.2 Å². The van der Waals surface area contributed by atoms with Crippen molar-refractivity contribution in [3.63, 3.8) is 0 Å². The monoisotopic (exact) mass is 474 g/mol. The van der Waals surface area contributed by atoms with E-state index in [9.17, 15) is 34.2 Å². The molecule has 2 rings (SSSR count). The Balaban J connectivity index is 0.000000852. The first-order valence-electron chi connectivity index (χ1n) is 10.1. The molecule has 0 spiro atoms. The van der Waals surface area contributed by atoms with Gasteiger partial charge in [0.25, 0.3) is 0 Å². The lowest BCUT2D eigenvalue weighted by Gasteiger charge is -2.21. The quantitative estimate of drug-likeness (QED) is 0.431. The van der Waals surface area contributed by atoms with Crippen molar-refractivity contribution in [3.05, 3.63) is 70.8 Å². The number of rotatable bonds is 8. The maximum absolute atomic E-state index is 12.2. The Morgan fingerprint density at radius 1 is 0.706 bits per heavy atom. The lowest BCUT2D eigenvalue weighted by Crippen LogP contribution is -2.45. The van der Waals surface area contributed by atoms with Gasteiger partial charge in [0.1, 0.15) is 0 Å². The lowest BCUT2D eigenvalue weighted by atomic mass is 10.1. The smallest absolute Gasteiger partial charge is 0.349 e. The van der Waals surface area contributed by atoms with Crippen molar-refractivity contribution in [2.75, 3.05) is 6.61 Å². The fraction of sp³-hybridized carbons (Fsp3) is 0.292. The number of carboxylic acid groups (broad SMARTS) is 2. The third-order valence-corrected chi connectivity index (χ3v) is 4.15. The summed E-state index contributed by atoms with van der Waals surface area (Å²) >= 11 is 0. The molecule has 10 nitrogen and oxygen atoms in total. The SMILES string of the molecule is CCOC(C)=O.Cc1ccc(C(=O)O[C@H](C(=O)O)[C@H](OC(=O)c2ccc(C)cc2)C(=O)O)cc1. The van der Waals surface area contributed by atoms with Gasteiger partial charge in [-0.2, -0.15) is 0 Å². The van der Waals surface area contributed by atoms with Gasteiger partial charge >= 0.3 is 29.8 Å². The Labute approximate surface area is 196 Å². The zero-order chi connectivity index (χ0) is 25.8. The van der Waals surface area contributed by atoms with Gasteiger partial charge in [0.05, 0.1) is 17.7 Å². The highest BCUT2D eigenvalue weighted by atomic mass is 16.6. The second-order valence-electron chi connectivity index (χ2n) is 6.98. The molecule has 0 aliphatic carbocycles. The molecule has 2 aromatic rings. The molecule has 0 saturated carbocycles. The normalized spacial score (nSPS) is 11.6. The Kier molecular flexibility index (Phi) is 10.9. The summed E-state index contributed by atoms with van der Waals surface area (Å²) in [5, 5.41) is 18.6. The number of aryl methyl sites for hydroxylation is 2. The fourth-order valence-electron chi connectivity index (χ4n) is 2.43. The average molecular weight is 474 g/mol. The second kappa shape index (κ2) is 13.4. The predicted molar refractivity (Wildman–Crippen MR) is 118 cm³/mol. The third-order valence-electron chi connectivity index (χ3n) is 4.15. The minimum atomic E-state index is -2.22. The van der Waals surface area contributed by atoms with Crippen molar-refractivity contribution >= 4 is 29.8 Å². The molecule has 0 saturated heterocycles. The molecular weight excluding hydrogens is 448 g/mol. The van der Waals surface area contributed by atoms with Gasteiger partial charge in [-0.15, -0.1) is 0 Å². The van der Waals surface area contributed by atoms with Crippen molar-refractivity contribution in [3.8, 4) is 0 Å². The van der Waals surface area contributed by atoms with Crippen LogP contribution < -0.4 is 0 Å². The Morgan fingerprint density at radius 2 is 1.03 bits per heavy atom. The highest BCUT2D eigenvalue weighted by molar-refractivity contribution is 5.95. The molecule has 10 heteroatoms. The first-order chi connectivity index (χ1) is 16.0. The van der Waals surface area contributed by atoms with Gasteiger partial charge < -0.3 is 24.4 Å². The first kappa shape index (κ1) is 27.8. The maximum atomic E-state index is 12.2. The summed E-state index contributed by atoms with van der Waals surface area (Å²) in [6.07, 6.45) is -4.44. The van der Waals surface area contributed by atoms with E-state index in [1.54, 1.807) is 45.0 Å². The summed E-state index contributed by atoms with van der Waals surface area (Å²) in [5.41, 5.74) is 1.79. The molecule has 0 amide bonds. The predicted octanol–water partition coefficient (Wildman–Crippen LogP) is 2.79. The second-order valence-corrected chi connectivity index (χ2v) is 6.98. The van der Waals surface area contributed by atoms with Gasteiger partial charge in [0.2, 0.25) is 12.2 Å².